The molecule has 0 spiro atoms. The number of carbonyl (C=O) groups excluding carboxylic acids is 1. The maximum absolute atomic E-state index is 13.2. The minimum Gasteiger partial charge on any atom is -0.394 e. The maximum Gasteiger partial charge on any atom is 0.220 e. The van der Waals surface area contributed by atoms with Crippen molar-refractivity contribution in [3.05, 3.63) is 24.3 Å². The lowest BCUT2D eigenvalue weighted by Crippen LogP contribution is -2.66. The number of carbonyl (C=O) groups is 1. The highest BCUT2D eigenvalue weighted by Crippen LogP contribution is 2.33. The van der Waals surface area contributed by atoms with Gasteiger partial charge in [-0.2, -0.15) is 0 Å². The average Bonchev–Trinajstić information content (AvgIpc) is 3.39. The Morgan fingerprint density at radius 3 is 1.37 bits per heavy atom. The predicted molar refractivity (Wildman–Crippen MR) is 273 cm³/mol. The van der Waals surface area contributed by atoms with Gasteiger partial charge in [-0.15, -0.1) is 0 Å². The number of aliphatic hydroxyl groups excluding tert-OH is 11. The van der Waals surface area contributed by atoms with Crippen LogP contribution in [0, 0.1) is 0 Å². The molecule has 0 aromatic carbocycles. The van der Waals surface area contributed by atoms with Gasteiger partial charge in [0, 0.05) is 6.42 Å². The highest BCUT2D eigenvalue weighted by atomic mass is 16.8. The smallest absolute Gasteiger partial charge is 0.220 e. The largest absolute Gasteiger partial charge is 0.394 e. The zero-order chi connectivity index (χ0) is 53.4. The van der Waals surface area contributed by atoms with Gasteiger partial charge in [0.2, 0.25) is 5.91 Å². The van der Waals surface area contributed by atoms with E-state index in [9.17, 15) is 61.0 Å². The molecule has 0 aromatic heterocycles. The summed E-state index contributed by atoms with van der Waals surface area (Å²) in [5.41, 5.74) is 0. The molecule has 19 nitrogen and oxygen atoms in total. The van der Waals surface area contributed by atoms with Crippen LogP contribution >= 0.6 is 0 Å². The molecule has 73 heavy (non-hydrogen) atoms. The number of aliphatic hydroxyl groups is 11. The van der Waals surface area contributed by atoms with E-state index in [1.54, 1.807) is 6.08 Å². The fourth-order valence-electron chi connectivity index (χ4n) is 9.56. The molecule has 3 rings (SSSR count). The molecule has 3 aliphatic rings. The van der Waals surface area contributed by atoms with Crippen molar-refractivity contribution in [2.45, 2.75) is 285 Å². The Labute approximate surface area is 435 Å². The Kier molecular flexibility index (Phi) is 34.8. The number of ether oxygens (including phenoxy) is 6. The lowest BCUT2D eigenvalue weighted by Gasteiger charge is -2.48. The summed E-state index contributed by atoms with van der Waals surface area (Å²) < 4.78 is 34.1. The maximum atomic E-state index is 13.2. The van der Waals surface area contributed by atoms with Gasteiger partial charge in [-0.25, -0.2) is 0 Å². The van der Waals surface area contributed by atoms with Crippen LogP contribution in [-0.2, 0) is 33.2 Å². The molecule has 12 N–H and O–H groups in total. The zero-order valence-corrected chi connectivity index (χ0v) is 44.1. The van der Waals surface area contributed by atoms with Gasteiger partial charge < -0.3 is 89.9 Å². The van der Waals surface area contributed by atoms with Crippen LogP contribution in [0.4, 0.5) is 0 Å². The number of hydrogen-bond donors (Lipinski definition) is 12. The second kappa shape index (κ2) is 38.8. The molecular formula is C54H99NO18. The summed E-state index contributed by atoms with van der Waals surface area (Å²) in [4.78, 5) is 13.2. The molecule has 0 bridgehead atoms. The zero-order valence-electron chi connectivity index (χ0n) is 44.1. The van der Waals surface area contributed by atoms with E-state index < -0.39 is 124 Å². The Morgan fingerprint density at radius 2 is 0.877 bits per heavy atom. The van der Waals surface area contributed by atoms with Crippen molar-refractivity contribution in [1.29, 1.82) is 0 Å². The lowest BCUT2D eigenvalue weighted by atomic mass is 9.96. The van der Waals surface area contributed by atoms with Gasteiger partial charge in [0.15, 0.2) is 18.9 Å². The molecule has 0 saturated carbocycles. The van der Waals surface area contributed by atoms with Crippen molar-refractivity contribution < 1.29 is 89.4 Å². The van der Waals surface area contributed by atoms with E-state index in [2.05, 4.69) is 31.3 Å². The molecule has 17 atom stereocenters. The van der Waals surface area contributed by atoms with Gasteiger partial charge in [0.05, 0.1) is 38.6 Å². The second-order valence-electron chi connectivity index (χ2n) is 20.4. The first-order chi connectivity index (χ1) is 35.3. The first-order valence-corrected chi connectivity index (χ1v) is 28.1. The third-order valence-corrected chi connectivity index (χ3v) is 14.3. The van der Waals surface area contributed by atoms with E-state index in [4.69, 9.17) is 28.4 Å². The number of rotatable bonds is 40. The Balaban J connectivity index is 1.51. The summed E-state index contributed by atoms with van der Waals surface area (Å²) in [5, 5.41) is 120. The predicted octanol–water partition coefficient (Wildman–Crippen LogP) is 3.59. The fourth-order valence-corrected chi connectivity index (χ4v) is 9.56. The molecule has 3 aliphatic heterocycles. The number of amides is 1. The van der Waals surface area contributed by atoms with E-state index in [0.717, 1.165) is 38.5 Å². The van der Waals surface area contributed by atoms with Crippen molar-refractivity contribution in [3.63, 3.8) is 0 Å². The normalized spacial score (nSPS) is 31.9. The summed E-state index contributed by atoms with van der Waals surface area (Å²) in [6.45, 7) is 1.65. The van der Waals surface area contributed by atoms with E-state index in [1.807, 2.05) is 6.08 Å². The van der Waals surface area contributed by atoms with E-state index in [0.29, 0.717) is 12.8 Å². The fraction of sp³-hybridized carbons (Fsp3) is 0.907. The van der Waals surface area contributed by atoms with Gasteiger partial charge in [-0.1, -0.05) is 167 Å². The standard InChI is InChI=1S/C54H99NO18/c1-3-5-7-9-11-13-15-16-17-18-19-20-21-22-24-26-28-30-32-42(60)55-37(38(59)31-29-27-25-23-14-12-10-8-6-4-2)36-68-52-48(66)45(63)50(40(34-57)70-52)73-54-49(67)46(64)51(41(35-58)71-54)72-53-47(65)44(62)43(61)39(33-56)69-53/h14,23,29,31,37-41,43-54,56-59,61-67H,3-13,15-22,24-28,30,32-36H2,1-2H3,(H,55,60)/b23-14+,31-29+. The molecule has 0 aliphatic carbocycles. The van der Waals surface area contributed by atoms with Crippen LogP contribution in [-0.4, -0.2) is 193 Å². The molecule has 0 radical (unpaired) electrons. The molecule has 3 heterocycles. The molecule has 3 saturated heterocycles. The lowest BCUT2D eigenvalue weighted by molar-refractivity contribution is -0.379. The van der Waals surface area contributed by atoms with Crippen molar-refractivity contribution in [3.8, 4) is 0 Å². The SMILES string of the molecule is CCCCCC/C=C/CC/C=C/C(O)C(COC1OC(CO)C(OC2OC(CO)C(OC3OC(CO)C(O)C(O)C3O)C(O)C2O)C(O)C1O)NC(=O)CCCCCCCCCCCCCCCCCCCC. The van der Waals surface area contributed by atoms with Crippen molar-refractivity contribution in [2.75, 3.05) is 26.4 Å². The molecular weight excluding hydrogens is 951 g/mol. The Bertz CT molecular complexity index is 1440. The van der Waals surface area contributed by atoms with Gasteiger partial charge in [-0.05, 0) is 32.1 Å². The molecule has 19 heteroatoms. The number of unbranched alkanes of at least 4 members (excludes halogenated alkanes) is 22. The molecule has 1 amide bonds. The summed E-state index contributed by atoms with van der Waals surface area (Å²) in [5.74, 6) is -0.286. The molecule has 0 aromatic rings. The molecule has 3 fully saturated rings. The van der Waals surface area contributed by atoms with Crippen LogP contribution < -0.4 is 5.32 Å². The number of nitrogens with one attached hydrogen (secondary N) is 1. The van der Waals surface area contributed by atoms with Crippen molar-refractivity contribution in [2.24, 2.45) is 0 Å². The van der Waals surface area contributed by atoms with Crippen molar-refractivity contribution in [1.82, 2.24) is 5.32 Å². The number of allylic oxidation sites excluding steroid dienone is 3. The second-order valence-corrected chi connectivity index (χ2v) is 20.4. The summed E-state index contributed by atoms with van der Waals surface area (Å²) in [6, 6.07) is -0.983. The summed E-state index contributed by atoms with van der Waals surface area (Å²) in [6.07, 6.45) is 10.4. The molecule has 428 valence electrons. The van der Waals surface area contributed by atoms with Gasteiger partial charge in [0.25, 0.3) is 0 Å². The van der Waals surface area contributed by atoms with Crippen molar-refractivity contribution >= 4 is 5.91 Å². The van der Waals surface area contributed by atoms with Gasteiger partial charge >= 0.3 is 0 Å². The third-order valence-electron chi connectivity index (χ3n) is 14.3. The van der Waals surface area contributed by atoms with Gasteiger partial charge in [-0.3, -0.25) is 4.79 Å². The highest BCUT2D eigenvalue weighted by molar-refractivity contribution is 5.76. The van der Waals surface area contributed by atoms with Crippen LogP contribution in [0.2, 0.25) is 0 Å². The topological polar surface area (TPSA) is 307 Å². The minimum absolute atomic E-state index is 0.239. The van der Waals surface area contributed by atoms with E-state index >= 15 is 0 Å². The monoisotopic (exact) mass is 1050 g/mol. The first kappa shape index (κ1) is 65.6. The molecule has 17 unspecified atom stereocenters. The average molecular weight is 1050 g/mol. The van der Waals surface area contributed by atoms with Crippen LogP contribution in [0.3, 0.4) is 0 Å². The quantitative estimate of drug-likeness (QED) is 0.0308. The van der Waals surface area contributed by atoms with Gasteiger partial charge in [0.1, 0.15) is 73.2 Å². The first-order valence-electron chi connectivity index (χ1n) is 28.1. The van der Waals surface area contributed by atoms with Crippen LogP contribution in [0.15, 0.2) is 24.3 Å². The van der Waals surface area contributed by atoms with Crippen LogP contribution in [0.5, 0.6) is 0 Å². The van der Waals surface area contributed by atoms with Crippen LogP contribution in [0.25, 0.3) is 0 Å². The van der Waals surface area contributed by atoms with E-state index in [-0.39, 0.29) is 18.9 Å². The van der Waals surface area contributed by atoms with Crippen LogP contribution in [0.1, 0.15) is 181 Å². The third kappa shape index (κ3) is 23.8. The summed E-state index contributed by atoms with van der Waals surface area (Å²) >= 11 is 0. The highest BCUT2D eigenvalue weighted by Gasteiger charge is 2.53. The summed E-state index contributed by atoms with van der Waals surface area (Å²) in [7, 11) is 0. The number of hydrogen-bond acceptors (Lipinski definition) is 18. The minimum atomic E-state index is -1.98. The van der Waals surface area contributed by atoms with E-state index in [1.165, 1.54) is 109 Å². The Hall–Kier alpha value is -1.73. The Morgan fingerprint density at radius 1 is 0.479 bits per heavy atom.